The lowest BCUT2D eigenvalue weighted by molar-refractivity contribution is -0.138. The van der Waals surface area contributed by atoms with E-state index in [-0.39, 0.29) is 11.8 Å². The van der Waals surface area contributed by atoms with Crippen LogP contribution in [0.5, 0.6) is 0 Å². The number of aromatic nitrogens is 1. The number of amides is 1. The average Bonchev–Trinajstić information content (AvgIpc) is 3.22. The van der Waals surface area contributed by atoms with Gasteiger partial charge in [-0.3, -0.25) is 9.69 Å². The molecule has 4 rings (SSSR count). The van der Waals surface area contributed by atoms with Gasteiger partial charge in [-0.15, -0.1) is 11.3 Å². The Labute approximate surface area is 192 Å². The Morgan fingerprint density at radius 3 is 2.35 bits per heavy atom. The first-order valence-electron chi connectivity index (χ1n) is 10.5. The van der Waals surface area contributed by atoms with Crippen LogP contribution in [0, 0.1) is 5.92 Å². The third-order valence-corrected chi connectivity index (χ3v) is 8.40. The summed E-state index contributed by atoms with van der Waals surface area (Å²) in [5.41, 5.74) is 2.02. The van der Waals surface area contributed by atoms with Gasteiger partial charge in [0.15, 0.2) is 0 Å². The van der Waals surface area contributed by atoms with Gasteiger partial charge in [0.05, 0.1) is 18.5 Å². The Balaban J connectivity index is 1.26. The van der Waals surface area contributed by atoms with Crippen molar-refractivity contribution in [2.24, 2.45) is 5.92 Å². The summed E-state index contributed by atoms with van der Waals surface area (Å²) >= 11 is 7.62. The van der Waals surface area contributed by atoms with Crippen molar-refractivity contribution in [2.75, 3.05) is 45.5 Å². The maximum atomic E-state index is 12.9. The van der Waals surface area contributed by atoms with Gasteiger partial charge in [0, 0.05) is 61.2 Å². The molecule has 7 nitrogen and oxygen atoms in total. The molecule has 2 saturated heterocycles. The van der Waals surface area contributed by atoms with Crippen LogP contribution in [0.4, 0.5) is 0 Å². The van der Waals surface area contributed by atoms with Gasteiger partial charge in [-0.1, -0.05) is 23.7 Å². The van der Waals surface area contributed by atoms with E-state index >= 15 is 0 Å². The van der Waals surface area contributed by atoms with E-state index in [2.05, 4.69) is 10.3 Å². The Morgan fingerprint density at radius 1 is 1.10 bits per heavy atom. The van der Waals surface area contributed by atoms with Crippen LogP contribution in [0.15, 0.2) is 29.6 Å². The SMILES string of the molecule is CS(=O)(=O)N1CCC(C(=O)N2CCN(Cc3nc(-c4ccc(Cl)cc4)cs3)CC2)CC1. The summed E-state index contributed by atoms with van der Waals surface area (Å²) in [7, 11) is -3.16. The van der Waals surface area contributed by atoms with Gasteiger partial charge in [0.1, 0.15) is 5.01 Å². The number of nitrogens with zero attached hydrogens (tertiary/aromatic N) is 4. The number of sulfonamides is 1. The first kappa shape index (κ1) is 22.7. The second-order valence-electron chi connectivity index (χ2n) is 8.17. The fourth-order valence-electron chi connectivity index (χ4n) is 4.15. The third-order valence-electron chi connectivity index (χ3n) is 6.01. The predicted molar refractivity (Wildman–Crippen MR) is 124 cm³/mol. The molecule has 0 spiro atoms. The molecule has 2 aliphatic rings. The van der Waals surface area contributed by atoms with Crippen LogP contribution in [-0.2, 0) is 21.4 Å². The van der Waals surface area contributed by atoms with Crippen molar-refractivity contribution in [1.82, 2.24) is 19.1 Å². The summed E-state index contributed by atoms with van der Waals surface area (Å²) in [5.74, 6) is 0.109. The zero-order valence-corrected chi connectivity index (χ0v) is 19.9. The molecule has 10 heteroatoms. The Morgan fingerprint density at radius 2 is 1.74 bits per heavy atom. The summed E-state index contributed by atoms with van der Waals surface area (Å²) in [6.45, 7) is 4.73. The van der Waals surface area contributed by atoms with Crippen LogP contribution in [0.25, 0.3) is 11.3 Å². The molecule has 2 aromatic rings. The normalized spacial score (nSPS) is 19.6. The van der Waals surface area contributed by atoms with Crippen molar-refractivity contribution in [2.45, 2.75) is 19.4 Å². The van der Waals surface area contributed by atoms with Crippen molar-refractivity contribution in [3.05, 3.63) is 39.7 Å². The smallest absolute Gasteiger partial charge is 0.225 e. The molecule has 31 heavy (non-hydrogen) atoms. The van der Waals surface area contributed by atoms with Crippen molar-refractivity contribution in [3.8, 4) is 11.3 Å². The van der Waals surface area contributed by atoms with Crippen molar-refractivity contribution in [1.29, 1.82) is 0 Å². The Bertz CT molecular complexity index is 1010. The standard InChI is InChI=1S/C21H27ClN4O3S2/c1-31(28,29)26-8-6-17(7-9-26)21(27)25-12-10-24(11-13-25)14-20-23-19(15-30-20)16-2-4-18(22)5-3-16/h2-5,15,17H,6-14H2,1H3. The zero-order valence-electron chi connectivity index (χ0n) is 17.5. The number of carbonyl (C=O) groups excluding carboxylic acids is 1. The fraction of sp³-hybridized carbons (Fsp3) is 0.524. The molecule has 3 heterocycles. The largest absolute Gasteiger partial charge is 0.340 e. The molecule has 0 unspecified atom stereocenters. The lowest BCUT2D eigenvalue weighted by Gasteiger charge is -2.38. The lowest BCUT2D eigenvalue weighted by Crippen LogP contribution is -2.51. The number of piperidine rings is 1. The third kappa shape index (κ3) is 5.64. The van der Waals surface area contributed by atoms with Gasteiger partial charge in [-0.2, -0.15) is 0 Å². The van der Waals surface area contributed by atoms with Crippen LogP contribution in [0.2, 0.25) is 5.02 Å². The molecule has 0 radical (unpaired) electrons. The first-order chi connectivity index (χ1) is 14.8. The molecule has 2 aliphatic heterocycles. The number of rotatable bonds is 5. The number of hydrogen-bond acceptors (Lipinski definition) is 6. The lowest BCUT2D eigenvalue weighted by atomic mass is 9.96. The Hall–Kier alpha value is -1.52. The number of carbonyl (C=O) groups is 1. The van der Waals surface area contributed by atoms with Gasteiger partial charge < -0.3 is 4.90 Å². The minimum Gasteiger partial charge on any atom is -0.340 e. The van der Waals surface area contributed by atoms with E-state index in [4.69, 9.17) is 16.6 Å². The maximum absolute atomic E-state index is 12.9. The van der Waals surface area contributed by atoms with Crippen LogP contribution in [-0.4, -0.2) is 78.9 Å². The molecule has 0 saturated carbocycles. The maximum Gasteiger partial charge on any atom is 0.225 e. The molecular formula is C21H27ClN4O3S2. The molecule has 2 fully saturated rings. The highest BCUT2D eigenvalue weighted by atomic mass is 35.5. The number of benzene rings is 1. The Kier molecular flexibility index (Phi) is 6.98. The summed E-state index contributed by atoms with van der Waals surface area (Å²) in [6.07, 6.45) is 2.45. The molecule has 168 valence electrons. The predicted octanol–water partition coefficient (Wildman–Crippen LogP) is 2.78. The molecular weight excluding hydrogens is 456 g/mol. The van der Waals surface area contributed by atoms with E-state index < -0.39 is 10.0 Å². The van der Waals surface area contributed by atoms with Crippen LogP contribution < -0.4 is 0 Å². The van der Waals surface area contributed by atoms with Gasteiger partial charge in [0.25, 0.3) is 0 Å². The van der Waals surface area contributed by atoms with Gasteiger partial charge in [-0.25, -0.2) is 17.7 Å². The highest BCUT2D eigenvalue weighted by Gasteiger charge is 2.32. The molecule has 1 amide bonds. The monoisotopic (exact) mass is 482 g/mol. The van der Waals surface area contributed by atoms with Crippen molar-refractivity contribution in [3.63, 3.8) is 0 Å². The molecule has 0 N–H and O–H groups in total. The van der Waals surface area contributed by atoms with E-state index in [1.54, 1.807) is 11.3 Å². The van der Waals surface area contributed by atoms with Gasteiger partial charge in [-0.05, 0) is 25.0 Å². The number of hydrogen-bond donors (Lipinski definition) is 0. The zero-order chi connectivity index (χ0) is 22.0. The number of piperazine rings is 1. The topological polar surface area (TPSA) is 73.8 Å². The van der Waals surface area contributed by atoms with E-state index in [1.807, 2.05) is 29.2 Å². The molecule has 1 aromatic carbocycles. The second kappa shape index (κ2) is 9.54. The van der Waals surface area contributed by atoms with E-state index in [0.29, 0.717) is 44.0 Å². The molecule has 1 aromatic heterocycles. The summed E-state index contributed by atoms with van der Waals surface area (Å²) in [5, 5.41) is 3.85. The highest BCUT2D eigenvalue weighted by Crippen LogP contribution is 2.25. The van der Waals surface area contributed by atoms with Crippen LogP contribution >= 0.6 is 22.9 Å². The van der Waals surface area contributed by atoms with Crippen LogP contribution in [0.3, 0.4) is 0 Å². The second-order valence-corrected chi connectivity index (χ2v) is 11.5. The van der Waals surface area contributed by atoms with Crippen molar-refractivity contribution >= 4 is 38.9 Å². The minimum atomic E-state index is -3.16. The molecule has 0 bridgehead atoms. The minimum absolute atomic E-state index is 0.0644. The summed E-state index contributed by atoms with van der Waals surface area (Å²) < 4.78 is 24.8. The fourth-order valence-corrected chi connectivity index (χ4v) is 5.99. The van der Waals surface area contributed by atoms with E-state index in [0.717, 1.165) is 35.9 Å². The van der Waals surface area contributed by atoms with Crippen LogP contribution in [0.1, 0.15) is 17.8 Å². The molecule has 0 aliphatic carbocycles. The quantitative estimate of drug-likeness (QED) is 0.655. The number of halogens is 1. The summed E-state index contributed by atoms with van der Waals surface area (Å²) in [6, 6.07) is 7.70. The van der Waals surface area contributed by atoms with E-state index in [1.165, 1.54) is 10.6 Å². The van der Waals surface area contributed by atoms with E-state index in [9.17, 15) is 13.2 Å². The first-order valence-corrected chi connectivity index (χ1v) is 13.6. The highest BCUT2D eigenvalue weighted by molar-refractivity contribution is 7.88. The molecule has 0 atom stereocenters. The van der Waals surface area contributed by atoms with Gasteiger partial charge in [0.2, 0.25) is 15.9 Å². The summed E-state index contributed by atoms with van der Waals surface area (Å²) in [4.78, 5) is 21.9. The number of thiazole rings is 1. The van der Waals surface area contributed by atoms with Gasteiger partial charge >= 0.3 is 0 Å². The average molecular weight is 483 g/mol. The van der Waals surface area contributed by atoms with Crippen molar-refractivity contribution < 1.29 is 13.2 Å².